The maximum Gasteiger partial charge on any atom is 0.230 e. The Bertz CT molecular complexity index is 861. The summed E-state index contributed by atoms with van der Waals surface area (Å²) in [5.74, 6) is 2.06. The van der Waals surface area contributed by atoms with E-state index in [9.17, 15) is 4.79 Å². The number of ether oxygens (including phenoxy) is 1. The lowest BCUT2D eigenvalue weighted by molar-refractivity contribution is -0.128. The molecule has 0 radical (unpaired) electrons. The second kappa shape index (κ2) is 11.3. The molecule has 174 valence electrons. The quantitative estimate of drug-likeness (QED) is 0.584. The Hall–Kier alpha value is -1.90. The van der Waals surface area contributed by atoms with Gasteiger partial charge in [-0.25, -0.2) is 0 Å². The van der Waals surface area contributed by atoms with Crippen molar-refractivity contribution in [3.05, 3.63) is 41.7 Å². The molecule has 4 rings (SSSR count). The van der Waals surface area contributed by atoms with Crippen LogP contribution >= 0.6 is 11.8 Å². The number of nitrogens with zero attached hydrogens (tertiary/aromatic N) is 4. The summed E-state index contributed by atoms with van der Waals surface area (Å²) in [5.41, 5.74) is 0.759. The molecule has 7 nitrogen and oxygen atoms in total. The lowest BCUT2D eigenvalue weighted by Gasteiger charge is -2.36. The van der Waals surface area contributed by atoms with Crippen LogP contribution in [0.5, 0.6) is 0 Å². The molecule has 0 spiro atoms. The Morgan fingerprint density at radius 1 is 1.12 bits per heavy atom. The van der Waals surface area contributed by atoms with Crippen molar-refractivity contribution in [1.82, 2.24) is 25.0 Å². The molecule has 1 aliphatic carbocycles. The van der Waals surface area contributed by atoms with E-state index in [-0.39, 0.29) is 11.3 Å². The molecule has 1 aliphatic heterocycles. The van der Waals surface area contributed by atoms with Gasteiger partial charge in [0.2, 0.25) is 5.91 Å². The molecule has 8 heteroatoms. The normalized spacial score (nSPS) is 19.0. The van der Waals surface area contributed by atoms with Crippen molar-refractivity contribution in [3.8, 4) is 0 Å². The second-order valence-electron chi connectivity index (χ2n) is 8.77. The number of rotatable bonds is 9. The molecule has 1 saturated heterocycles. The van der Waals surface area contributed by atoms with Crippen molar-refractivity contribution >= 4 is 17.7 Å². The van der Waals surface area contributed by atoms with Gasteiger partial charge in [-0.1, -0.05) is 61.4 Å². The number of carbonyl (C=O) groups excluding carboxylic acids is 1. The first-order valence-corrected chi connectivity index (χ1v) is 12.8. The Morgan fingerprint density at radius 2 is 1.88 bits per heavy atom. The van der Waals surface area contributed by atoms with E-state index in [2.05, 4.69) is 37.1 Å². The molecule has 1 aromatic heterocycles. The minimum atomic E-state index is -0.389. The van der Waals surface area contributed by atoms with Crippen LogP contribution in [0.15, 0.2) is 35.5 Å². The third kappa shape index (κ3) is 5.53. The average Bonchev–Trinajstić information content (AvgIpc) is 3.20. The maximum atomic E-state index is 13.3. The third-order valence-corrected chi connectivity index (χ3v) is 7.77. The lowest BCUT2D eigenvalue weighted by atomic mass is 9.68. The van der Waals surface area contributed by atoms with Gasteiger partial charge >= 0.3 is 0 Å². The molecule has 0 atom stereocenters. The first kappa shape index (κ1) is 23.3. The number of thioether (sulfide) groups is 1. The second-order valence-corrected chi connectivity index (χ2v) is 9.84. The van der Waals surface area contributed by atoms with Gasteiger partial charge in [0.25, 0.3) is 0 Å². The molecule has 1 aromatic carbocycles. The average molecular weight is 458 g/mol. The van der Waals surface area contributed by atoms with Gasteiger partial charge in [0, 0.05) is 45.4 Å². The number of hydrogen-bond acceptors (Lipinski definition) is 6. The molecule has 2 fully saturated rings. The van der Waals surface area contributed by atoms with Gasteiger partial charge in [-0.2, -0.15) is 0 Å². The molecule has 2 aromatic rings. The van der Waals surface area contributed by atoms with Crippen LogP contribution in [0, 0.1) is 0 Å². The van der Waals surface area contributed by atoms with Gasteiger partial charge in [-0.3, -0.25) is 9.69 Å². The van der Waals surface area contributed by atoms with E-state index in [4.69, 9.17) is 4.74 Å². The van der Waals surface area contributed by atoms with Crippen molar-refractivity contribution in [2.45, 2.75) is 49.1 Å². The SMILES string of the molecule is Cn1c(CCNC(=O)C2(c3ccccc3)CCCCC2)nnc1SCCN1CCOCC1. The molecule has 0 bridgehead atoms. The smallest absolute Gasteiger partial charge is 0.230 e. The molecule has 0 unspecified atom stereocenters. The van der Waals surface area contributed by atoms with Crippen LogP contribution in [0.25, 0.3) is 0 Å². The summed E-state index contributed by atoms with van der Waals surface area (Å²) in [7, 11) is 2.01. The summed E-state index contributed by atoms with van der Waals surface area (Å²) in [6.07, 6.45) is 5.97. The van der Waals surface area contributed by atoms with Crippen LogP contribution in [0.3, 0.4) is 0 Å². The van der Waals surface area contributed by atoms with Crippen LogP contribution in [0.4, 0.5) is 0 Å². The number of carbonyl (C=O) groups is 1. The number of benzene rings is 1. The predicted molar refractivity (Wildman–Crippen MR) is 127 cm³/mol. The fraction of sp³-hybridized carbons (Fsp3) is 0.625. The van der Waals surface area contributed by atoms with E-state index in [0.717, 1.165) is 80.8 Å². The van der Waals surface area contributed by atoms with E-state index >= 15 is 0 Å². The Balaban J connectivity index is 1.28. The molecule has 32 heavy (non-hydrogen) atoms. The van der Waals surface area contributed by atoms with Crippen molar-refractivity contribution in [2.75, 3.05) is 45.1 Å². The van der Waals surface area contributed by atoms with Gasteiger partial charge in [0.1, 0.15) is 5.82 Å². The van der Waals surface area contributed by atoms with Crippen LogP contribution in [0.1, 0.15) is 43.5 Å². The number of morpholine rings is 1. The van der Waals surface area contributed by atoms with Gasteiger partial charge < -0.3 is 14.6 Å². The fourth-order valence-electron chi connectivity index (χ4n) is 4.80. The number of amides is 1. The molecular weight excluding hydrogens is 422 g/mol. The summed E-state index contributed by atoms with van der Waals surface area (Å²) in [4.78, 5) is 15.7. The summed E-state index contributed by atoms with van der Waals surface area (Å²) in [5, 5.41) is 12.9. The summed E-state index contributed by atoms with van der Waals surface area (Å²) >= 11 is 1.74. The van der Waals surface area contributed by atoms with E-state index in [1.807, 2.05) is 25.2 Å². The van der Waals surface area contributed by atoms with E-state index < -0.39 is 0 Å². The number of aromatic nitrogens is 3. The highest BCUT2D eigenvalue weighted by atomic mass is 32.2. The van der Waals surface area contributed by atoms with Crippen LogP contribution in [-0.4, -0.2) is 70.7 Å². The molecule has 1 N–H and O–H groups in total. The third-order valence-electron chi connectivity index (χ3n) is 6.77. The topological polar surface area (TPSA) is 72.3 Å². The predicted octanol–water partition coefficient (Wildman–Crippen LogP) is 2.80. The van der Waals surface area contributed by atoms with Crippen molar-refractivity contribution < 1.29 is 9.53 Å². The minimum Gasteiger partial charge on any atom is -0.379 e. The highest BCUT2D eigenvalue weighted by Crippen LogP contribution is 2.39. The minimum absolute atomic E-state index is 0.158. The largest absolute Gasteiger partial charge is 0.379 e. The summed E-state index contributed by atoms with van der Waals surface area (Å²) in [6.45, 7) is 5.29. The van der Waals surface area contributed by atoms with Gasteiger partial charge in [0.05, 0.1) is 18.6 Å². The van der Waals surface area contributed by atoms with Crippen molar-refractivity contribution in [2.24, 2.45) is 7.05 Å². The van der Waals surface area contributed by atoms with Crippen molar-refractivity contribution in [1.29, 1.82) is 0 Å². The summed E-state index contributed by atoms with van der Waals surface area (Å²) < 4.78 is 7.47. The Morgan fingerprint density at radius 3 is 2.62 bits per heavy atom. The zero-order chi connectivity index (χ0) is 22.2. The summed E-state index contributed by atoms with van der Waals surface area (Å²) in [6, 6.07) is 10.3. The zero-order valence-corrected chi connectivity index (χ0v) is 19.9. The Kier molecular flexibility index (Phi) is 8.21. The van der Waals surface area contributed by atoms with E-state index in [0.29, 0.717) is 13.0 Å². The maximum absolute atomic E-state index is 13.3. The molecular formula is C24H35N5O2S. The van der Waals surface area contributed by atoms with Crippen LogP contribution in [0.2, 0.25) is 0 Å². The molecule has 2 aliphatic rings. The van der Waals surface area contributed by atoms with Crippen LogP contribution in [-0.2, 0) is 28.4 Å². The fourth-order valence-corrected chi connectivity index (χ4v) is 5.73. The monoisotopic (exact) mass is 457 g/mol. The van der Waals surface area contributed by atoms with Gasteiger partial charge in [-0.05, 0) is 18.4 Å². The molecule has 1 saturated carbocycles. The highest BCUT2D eigenvalue weighted by Gasteiger charge is 2.40. The van der Waals surface area contributed by atoms with Crippen LogP contribution < -0.4 is 5.32 Å². The standard InChI is InChI=1S/C24H35N5O2S/c1-28-21(26-27-23(28)32-19-16-29-14-17-31-18-15-29)10-13-25-22(30)24(11-6-3-7-12-24)20-8-4-2-5-9-20/h2,4-5,8-9H,3,6-7,10-19H2,1H3,(H,25,30). The van der Waals surface area contributed by atoms with E-state index in [1.165, 1.54) is 6.42 Å². The van der Waals surface area contributed by atoms with Crippen molar-refractivity contribution in [3.63, 3.8) is 0 Å². The van der Waals surface area contributed by atoms with Gasteiger partial charge in [-0.15, -0.1) is 10.2 Å². The van der Waals surface area contributed by atoms with Gasteiger partial charge in [0.15, 0.2) is 5.16 Å². The highest BCUT2D eigenvalue weighted by molar-refractivity contribution is 7.99. The number of hydrogen-bond donors (Lipinski definition) is 1. The molecule has 1 amide bonds. The van der Waals surface area contributed by atoms with E-state index in [1.54, 1.807) is 11.8 Å². The lowest BCUT2D eigenvalue weighted by Crippen LogP contribution is -2.46. The zero-order valence-electron chi connectivity index (χ0n) is 19.1. The molecule has 2 heterocycles. The first-order chi connectivity index (χ1) is 15.7. The Labute approximate surface area is 195 Å². The first-order valence-electron chi connectivity index (χ1n) is 11.8. The number of nitrogens with one attached hydrogen (secondary N) is 1.